The van der Waals surface area contributed by atoms with Crippen molar-refractivity contribution < 1.29 is 19.2 Å². The SMILES string of the molecule is C=CCNC(=O)C(=O)[C@@H]1CCCCCCCCC[C@H](N)C(=O)N2CC[C@H](C=C)[C@H]2C(=O)N1. The Morgan fingerprint density at radius 3 is 2.28 bits per heavy atom. The number of ketones is 1. The van der Waals surface area contributed by atoms with Crippen LogP contribution in [0, 0.1) is 5.92 Å². The molecule has 32 heavy (non-hydrogen) atoms. The maximum Gasteiger partial charge on any atom is 0.289 e. The highest BCUT2D eigenvalue weighted by atomic mass is 16.2. The van der Waals surface area contributed by atoms with Gasteiger partial charge in [-0.25, -0.2) is 0 Å². The zero-order valence-electron chi connectivity index (χ0n) is 19.0. The van der Waals surface area contributed by atoms with Gasteiger partial charge in [0.15, 0.2) is 0 Å². The van der Waals surface area contributed by atoms with E-state index in [1.54, 1.807) is 6.08 Å². The lowest BCUT2D eigenvalue weighted by Gasteiger charge is -2.30. The summed E-state index contributed by atoms with van der Waals surface area (Å²) in [4.78, 5) is 52.8. The van der Waals surface area contributed by atoms with E-state index in [0.717, 1.165) is 44.9 Å². The largest absolute Gasteiger partial charge is 0.346 e. The summed E-state index contributed by atoms with van der Waals surface area (Å²) >= 11 is 0. The standard InChI is InChI=1S/C24H38N4O4/c1-3-15-26-23(31)21(29)19-13-11-9-7-5-6-8-10-12-18(25)24(32)28-16-14-17(4-2)20(28)22(30)27-19/h3-4,17-20H,1-2,5-16,25H2,(H,26,31)(H,27,30)/t17-,18-,19-,20-/m0/s1. The number of Topliss-reactive ketones (excluding diaryl/α,β-unsaturated/α-hetero) is 1. The van der Waals surface area contributed by atoms with Gasteiger partial charge in [-0.05, 0) is 19.3 Å². The number of fused-ring (bicyclic) bond motifs is 1. The third-order valence-electron chi connectivity index (χ3n) is 6.39. The third-order valence-corrected chi connectivity index (χ3v) is 6.39. The Bertz CT molecular complexity index is 708. The average Bonchev–Trinajstić information content (AvgIpc) is 3.23. The second-order valence-corrected chi connectivity index (χ2v) is 8.75. The summed E-state index contributed by atoms with van der Waals surface area (Å²) in [5, 5.41) is 5.26. The van der Waals surface area contributed by atoms with Gasteiger partial charge < -0.3 is 21.3 Å². The minimum absolute atomic E-state index is 0.173. The molecule has 0 aromatic carbocycles. The second kappa shape index (κ2) is 13.2. The summed E-state index contributed by atoms with van der Waals surface area (Å²) in [6, 6.07) is -2.36. The first-order chi connectivity index (χ1) is 15.4. The van der Waals surface area contributed by atoms with Gasteiger partial charge in [-0.1, -0.05) is 57.1 Å². The van der Waals surface area contributed by atoms with E-state index in [4.69, 9.17) is 5.73 Å². The van der Waals surface area contributed by atoms with Gasteiger partial charge in [0.1, 0.15) is 6.04 Å². The Labute approximate surface area is 191 Å². The Hall–Kier alpha value is -2.48. The van der Waals surface area contributed by atoms with E-state index in [9.17, 15) is 19.2 Å². The zero-order chi connectivity index (χ0) is 23.5. The lowest BCUT2D eigenvalue weighted by molar-refractivity contribution is -0.143. The zero-order valence-corrected chi connectivity index (χ0v) is 19.0. The molecule has 0 unspecified atom stereocenters. The van der Waals surface area contributed by atoms with Gasteiger partial charge in [-0.3, -0.25) is 19.2 Å². The van der Waals surface area contributed by atoms with E-state index >= 15 is 0 Å². The number of nitrogens with zero attached hydrogens (tertiary/aromatic N) is 1. The maximum absolute atomic E-state index is 13.3. The Kier molecular flexibility index (Phi) is 10.6. The molecular formula is C24H38N4O4. The number of nitrogens with one attached hydrogen (secondary N) is 2. The van der Waals surface area contributed by atoms with E-state index in [2.05, 4.69) is 23.8 Å². The van der Waals surface area contributed by atoms with Gasteiger partial charge in [0.05, 0.1) is 12.1 Å². The van der Waals surface area contributed by atoms with Gasteiger partial charge in [0, 0.05) is 19.0 Å². The van der Waals surface area contributed by atoms with E-state index in [1.807, 2.05) is 0 Å². The Morgan fingerprint density at radius 2 is 1.66 bits per heavy atom. The molecular weight excluding hydrogens is 408 g/mol. The number of carbonyl (C=O) groups is 4. The van der Waals surface area contributed by atoms with Crippen LogP contribution in [0.4, 0.5) is 0 Å². The molecule has 0 radical (unpaired) electrons. The van der Waals surface area contributed by atoms with Gasteiger partial charge in [0.2, 0.25) is 17.6 Å². The highest BCUT2D eigenvalue weighted by Gasteiger charge is 2.42. The normalized spacial score (nSPS) is 28.3. The van der Waals surface area contributed by atoms with E-state index in [1.165, 1.54) is 11.0 Å². The lowest BCUT2D eigenvalue weighted by atomic mass is 9.97. The molecule has 178 valence electrons. The highest BCUT2D eigenvalue weighted by molar-refractivity contribution is 6.38. The van der Waals surface area contributed by atoms with E-state index < -0.39 is 35.7 Å². The molecule has 0 aromatic rings. The number of carbonyl (C=O) groups excluding carboxylic acids is 4. The van der Waals surface area contributed by atoms with Gasteiger partial charge in [-0.15, -0.1) is 13.2 Å². The first-order valence-corrected chi connectivity index (χ1v) is 11.8. The summed E-state index contributed by atoms with van der Waals surface area (Å²) in [7, 11) is 0. The number of hydrogen-bond acceptors (Lipinski definition) is 5. The van der Waals surface area contributed by atoms with Crippen LogP contribution < -0.4 is 16.4 Å². The fourth-order valence-electron chi connectivity index (χ4n) is 4.52. The molecule has 0 bridgehead atoms. The molecule has 2 heterocycles. The van der Waals surface area contributed by atoms with Crippen molar-refractivity contribution in [3.05, 3.63) is 25.3 Å². The first kappa shape index (κ1) is 25.8. The molecule has 2 aliphatic heterocycles. The quantitative estimate of drug-likeness (QED) is 0.437. The molecule has 2 fully saturated rings. The van der Waals surface area contributed by atoms with Crippen molar-refractivity contribution in [2.24, 2.45) is 11.7 Å². The number of nitrogens with two attached hydrogens (primary N) is 1. The molecule has 4 atom stereocenters. The van der Waals surface area contributed by atoms with Crippen molar-refractivity contribution in [3.63, 3.8) is 0 Å². The summed E-state index contributed by atoms with van der Waals surface area (Å²) in [6.07, 6.45) is 11.5. The van der Waals surface area contributed by atoms with E-state index in [-0.39, 0.29) is 18.4 Å². The molecule has 2 aliphatic rings. The van der Waals surface area contributed by atoms with Gasteiger partial charge in [-0.2, -0.15) is 0 Å². The average molecular weight is 447 g/mol. The van der Waals surface area contributed by atoms with Crippen molar-refractivity contribution in [1.82, 2.24) is 15.5 Å². The number of amides is 3. The fraction of sp³-hybridized carbons (Fsp3) is 0.667. The van der Waals surface area contributed by atoms with Crippen molar-refractivity contribution in [3.8, 4) is 0 Å². The maximum atomic E-state index is 13.3. The molecule has 2 saturated heterocycles. The van der Waals surface area contributed by atoms with Crippen LogP contribution in [-0.2, 0) is 19.2 Å². The summed E-state index contributed by atoms with van der Waals surface area (Å²) in [6.45, 7) is 7.94. The second-order valence-electron chi connectivity index (χ2n) is 8.75. The van der Waals surface area contributed by atoms with Crippen LogP contribution in [0.15, 0.2) is 25.3 Å². The van der Waals surface area contributed by atoms with Crippen molar-refractivity contribution in [2.45, 2.75) is 82.3 Å². The van der Waals surface area contributed by atoms with Crippen molar-refractivity contribution in [2.75, 3.05) is 13.1 Å². The molecule has 0 aliphatic carbocycles. The molecule has 4 N–H and O–H groups in total. The molecule has 0 spiro atoms. The topological polar surface area (TPSA) is 122 Å². The van der Waals surface area contributed by atoms with Crippen LogP contribution in [0.5, 0.6) is 0 Å². The summed E-state index contributed by atoms with van der Waals surface area (Å²) in [5.41, 5.74) is 6.17. The molecule has 3 amide bonds. The minimum Gasteiger partial charge on any atom is -0.346 e. The molecule has 0 saturated carbocycles. The third kappa shape index (κ3) is 7.02. The fourth-order valence-corrected chi connectivity index (χ4v) is 4.52. The van der Waals surface area contributed by atoms with Crippen LogP contribution in [-0.4, -0.2) is 59.6 Å². The van der Waals surface area contributed by atoms with E-state index in [0.29, 0.717) is 25.8 Å². The Balaban J connectivity index is 2.23. The van der Waals surface area contributed by atoms with Crippen LogP contribution in [0.2, 0.25) is 0 Å². The van der Waals surface area contributed by atoms with Crippen molar-refractivity contribution in [1.29, 1.82) is 0 Å². The van der Waals surface area contributed by atoms with Gasteiger partial charge in [0.25, 0.3) is 5.91 Å². The van der Waals surface area contributed by atoms with Crippen LogP contribution >= 0.6 is 0 Å². The molecule has 8 nitrogen and oxygen atoms in total. The van der Waals surface area contributed by atoms with Crippen molar-refractivity contribution >= 4 is 23.5 Å². The monoisotopic (exact) mass is 446 g/mol. The number of hydrogen-bond donors (Lipinski definition) is 3. The lowest BCUT2D eigenvalue weighted by Crippen LogP contribution is -2.56. The van der Waals surface area contributed by atoms with Gasteiger partial charge >= 0.3 is 0 Å². The highest BCUT2D eigenvalue weighted by Crippen LogP contribution is 2.27. The molecule has 8 heteroatoms. The predicted octanol–water partition coefficient (Wildman–Crippen LogP) is 1.60. The molecule has 0 aromatic heterocycles. The number of rotatable bonds is 5. The van der Waals surface area contributed by atoms with Crippen LogP contribution in [0.1, 0.15) is 64.2 Å². The predicted molar refractivity (Wildman–Crippen MR) is 123 cm³/mol. The molecule has 2 rings (SSSR count). The first-order valence-electron chi connectivity index (χ1n) is 11.8. The smallest absolute Gasteiger partial charge is 0.289 e. The minimum atomic E-state index is -0.933. The summed E-state index contributed by atoms with van der Waals surface area (Å²) < 4.78 is 0. The van der Waals surface area contributed by atoms with Crippen LogP contribution in [0.3, 0.4) is 0 Å². The Morgan fingerprint density at radius 1 is 1.03 bits per heavy atom. The summed E-state index contributed by atoms with van der Waals surface area (Å²) in [5.74, 6) is -2.33. The van der Waals surface area contributed by atoms with Crippen LogP contribution in [0.25, 0.3) is 0 Å².